The minimum Gasteiger partial charge on any atom is -0.465 e. The van der Waals surface area contributed by atoms with E-state index in [1.54, 1.807) is 12.3 Å². The summed E-state index contributed by atoms with van der Waals surface area (Å²) in [6.07, 6.45) is 3.79. The van der Waals surface area contributed by atoms with Gasteiger partial charge >= 0.3 is 5.97 Å². The topological polar surface area (TPSA) is 52.1 Å². The average Bonchev–Trinajstić information content (AvgIpc) is 2.50. The number of nitrogens with zero attached hydrogens (tertiary/aromatic N) is 2. The Morgan fingerprint density at radius 3 is 3.00 bits per heavy atom. The fraction of sp³-hybridized carbons (Fsp3) is 0.444. The zero-order chi connectivity index (χ0) is 9.31. The molecule has 4 heteroatoms. The summed E-state index contributed by atoms with van der Waals surface area (Å²) in [5, 5.41) is 0. The highest BCUT2D eigenvalue weighted by atomic mass is 16.5. The Morgan fingerprint density at radius 2 is 2.46 bits per heavy atom. The fourth-order valence-corrected chi connectivity index (χ4v) is 1.46. The van der Waals surface area contributed by atoms with Crippen LogP contribution in [0.2, 0.25) is 0 Å². The Labute approximate surface area is 76.0 Å². The van der Waals surface area contributed by atoms with Gasteiger partial charge in [-0.2, -0.15) is 0 Å². The molecule has 1 aromatic rings. The van der Waals surface area contributed by atoms with Crippen molar-refractivity contribution in [3.63, 3.8) is 0 Å². The number of esters is 1. The van der Waals surface area contributed by atoms with Gasteiger partial charge in [-0.05, 0) is 13.0 Å². The van der Waals surface area contributed by atoms with Gasteiger partial charge < -0.3 is 4.74 Å². The molecule has 68 valence electrons. The molecule has 1 aliphatic heterocycles. The van der Waals surface area contributed by atoms with Gasteiger partial charge in [0.2, 0.25) is 0 Å². The molecular formula is C9H10N2O2. The van der Waals surface area contributed by atoms with Gasteiger partial charge in [0.15, 0.2) is 0 Å². The lowest BCUT2D eigenvalue weighted by Gasteiger charge is -2.16. The zero-order valence-corrected chi connectivity index (χ0v) is 7.36. The molecule has 1 aliphatic rings. The number of carbonyl (C=O) groups excluding carboxylic acids is 1. The zero-order valence-electron chi connectivity index (χ0n) is 7.36. The lowest BCUT2D eigenvalue weighted by molar-refractivity contribution is -0.142. The normalized spacial score (nSPS) is 27.3. The van der Waals surface area contributed by atoms with Gasteiger partial charge in [-0.25, -0.2) is 9.97 Å². The molecule has 0 aromatic carbocycles. The molecule has 1 atom stereocenters. The largest absolute Gasteiger partial charge is 0.465 e. The van der Waals surface area contributed by atoms with Gasteiger partial charge in [0.05, 0.1) is 12.3 Å². The van der Waals surface area contributed by atoms with Crippen LogP contribution in [0.25, 0.3) is 0 Å². The first-order valence-electron chi connectivity index (χ1n) is 4.17. The standard InChI is InChI=1S/C9H10N2O2/c1-9(3-5-13-8(9)12)7-2-4-10-6-11-7/h2,4,6H,3,5H2,1H3. The molecule has 1 fully saturated rings. The maximum atomic E-state index is 11.4. The van der Waals surface area contributed by atoms with Crippen molar-refractivity contribution in [2.24, 2.45) is 0 Å². The van der Waals surface area contributed by atoms with Crippen molar-refractivity contribution in [2.75, 3.05) is 6.61 Å². The van der Waals surface area contributed by atoms with Crippen LogP contribution in [0, 0.1) is 0 Å². The molecule has 4 nitrogen and oxygen atoms in total. The van der Waals surface area contributed by atoms with E-state index in [1.807, 2.05) is 6.92 Å². The summed E-state index contributed by atoms with van der Waals surface area (Å²) < 4.78 is 4.92. The number of hydrogen-bond acceptors (Lipinski definition) is 4. The van der Waals surface area contributed by atoms with E-state index in [2.05, 4.69) is 9.97 Å². The quantitative estimate of drug-likeness (QED) is 0.593. The molecule has 0 amide bonds. The first kappa shape index (κ1) is 8.16. The highest BCUT2D eigenvalue weighted by Crippen LogP contribution is 2.31. The van der Waals surface area contributed by atoms with Crippen molar-refractivity contribution >= 4 is 5.97 Å². The summed E-state index contributed by atoms with van der Waals surface area (Å²) >= 11 is 0. The molecular weight excluding hydrogens is 168 g/mol. The maximum absolute atomic E-state index is 11.4. The van der Waals surface area contributed by atoms with E-state index >= 15 is 0 Å². The molecule has 1 aromatic heterocycles. The molecule has 0 spiro atoms. The lowest BCUT2D eigenvalue weighted by atomic mass is 9.85. The second kappa shape index (κ2) is 2.80. The number of carbonyl (C=O) groups is 1. The van der Waals surface area contributed by atoms with Crippen LogP contribution in [-0.2, 0) is 14.9 Å². The Hall–Kier alpha value is -1.45. The highest BCUT2D eigenvalue weighted by Gasteiger charge is 2.42. The molecule has 0 N–H and O–H groups in total. The Balaban J connectivity index is 2.40. The summed E-state index contributed by atoms with van der Waals surface area (Å²) in [6, 6.07) is 1.76. The summed E-state index contributed by atoms with van der Waals surface area (Å²) in [5.41, 5.74) is 0.174. The maximum Gasteiger partial charge on any atom is 0.318 e. The second-order valence-electron chi connectivity index (χ2n) is 3.31. The highest BCUT2D eigenvalue weighted by molar-refractivity contribution is 5.83. The number of rotatable bonds is 1. The van der Waals surface area contributed by atoms with Crippen LogP contribution in [0.15, 0.2) is 18.6 Å². The van der Waals surface area contributed by atoms with Gasteiger partial charge in [0.25, 0.3) is 0 Å². The van der Waals surface area contributed by atoms with Gasteiger partial charge in [-0.15, -0.1) is 0 Å². The van der Waals surface area contributed by atoms with E-state index in [1.165, 1.54) is 6.33 Å². The predicted molar refractivity (Wildman–Crippen MR) is 45.0 cm³/mol. The van der Waals surface area contributed by atoms with E-state index in [-0.39, 0.29) is 5.97 Å². The molecule has 0 bridgehead atoms. The minimum absolute atomic E-state index is 0.189. The van der Waals surface area contributed by atoms with Crippen molar-refractivity contribution in [1.82, 2.24) is 9.97 Å². The molecule has 2 rings (SSSR count). The van der Waals surface area contributed by atoms with Gasteiger partial charge in [-0.3, -0.25) is 4.79 Å². The monoisotopic (exact) mass is 178 g/mol. The van der Waals surface area contributed by atoms with Gasteiger partial charge in [0.1, 0.15) is 11.7 Å². The van der Waals surface area contributed by atoms with Crippen molar-refractivity contribution < 1.29 is 9.53 Å². The molecule has 1 saturated heterocycles. The first-order valence-corrected chi connectivity index (χ1v) is 4.17. The van der Waals surface area contributed by atoms with Crippen LogP contribution in [0.3, 0.4) is 0 Å². The first-order chi connectivity index (χ1) is 6.23. The van der Waals surface area contributed by atoms with E-state index in [0.29, 0.717) is 13.0 Å². The summed E-state index contributed by atoms with van der Waals surface area (Å²) in [6.45, 7) is 2.34. The number of cyclic esters (lactones) is 1. The van der Waals surface area contributed by atoms with Crippen LogP contribution >= 0.6 is 0 Å². The van der Waals surface area contributed by atoms with Gasteiger partial charge in [0, 0.05) is 12.6 Å². The molecule has 2 heterocycles. The van der Waals surface area contributed by atoms with Crippen LogP contribution in [0.4, 0.5) is 0 Å². The van der Waals surface area contributed by atoms with Crippen LogP contribution in [0.1, 0.15) is 19.0 Å². The van der Waals surface area contributed by atoms with Gasteiger partial charge in [-0.1, -0.05) is 0 Å². The lowest BCUT2D eigenvalue weighted by Crippen LogP contribution is -2.28. The van der Waals surface area contributed by atoms with Crippen LogP contribution in [-0.4, -0.2) is 22.5 Å². The fourth-order valence-electron chi connectivity index (χ4n) is 1.46. The Morgan fingerprint density at radius 1 is 1.62 bits per heavy atom. The summed E-state index contributed by atoms with van der Waals surface area (Å²) in [5.74, 6) is -0.189. The summed E-state index contributed by atoms with van der Waals surface area (Å²) in [7, 11) is 0. The molecule has 0 aliphatic carbocycles. The SMILES string of the molecule is CC1(c2ccncn2)CCOC1=O. The molecule has 0 saturated carbocycles. The average molecular weight is 178 g/mol. The van der Waals surface area contributed by atoms with Crippen LogP contribution < -0.4 is 0 Å². The number of ether oxygens (including phenoxy) is 1. The van der Waals surface area contributed by atoms with Crippen molar-refractivity contribution in [1.29, 1.82) is 0 Å². The molecule has 1 unspecified atom stereocenters. The third-order valence-corrected chi connectivity index (χ3v) is 2.43. The van der Waals surface area contributed by atoms with E-state index in [9.17, 15) is 4.79 Å². The number of hydrogen-bond donors (Lipinski definition) is 0. The van der Waals surface area contributed by atoms with Crippen molar-refractivity contribution in [3.8, 4) is 0 Å². The summed E-state index contributed by atoms with van der Waals surface area (Å²) in [4.78, 5) is 19.3. The molecule has 13 heavy (non-hydrogen) atoms. The Kier molecular flexibility index (Phi) is 1.76. The third-order valence-electron chi connectivity index (χ3n) is 2.43. The molecule has 0 radical (unpaired) electrons. The minimum atomic E-state index is -0.567. The smallest absolute Gasteiger partial charge is 0.318 e. The van der Waals surface area contributed by atoms with E-state index < -0.39 is 5.41 Å². The number of aromatic nitrogens is 2. The Bertz CT molecular complexity index is 326. The van der Waals surface area contributed by atoms with E-state index in [4.69, 9.17) is 4.74 Å². The van der Waals surface area contributed by atoms with Crippen molar-refractivity contribution in [2.45, 2.75) is 18.8 Å². The van der Waals surface area contributed by atoms with Crippen molar-refractivity contribution in [3.05, 3.63) is 24.3 Å². The van der Waals surface area contributed by atoms with Crippen LogP contribution in [0.5, 0.6) is 0 Å². The second-order valence-corrected chi connectivity index (χ2v) is 3.31. The van der Waals surface area contributed by atoms with E-state index in [0.717, 1.165) is 5.69 Å². The predicted octanol–water partition coefficient (Wildman–Crippen LogP) is 0.681. The third kappa shape index (κ3) is 1.18.